The van der Waals surface area contributed by atoms with E-state index in [0.717, 1.165) is 11.5 Å². The fourth-order valence-electron chi connectivity index (χ4n) is 2.09. The lowest BCUT2D eigenvalue weighted by molar-refractivity contribution is 0.0430. The van der Waals surface area contributed by atoms with Gasteiger partial charge in [-0.15, -0.1) is 0 Å². The van der Waals surface area contributed by atoms with Gasteiger partial charge in [0, 0.05) is 0 Å². The van der Waals surface area contributed by atoms with E-state index in [2.05, 4.69) is 14.5 Å². The zero-order chi connectivity index (χ0) is 17.1. The number of esters is 1. The van der Waals surface area contributed by atoms with Crippen LogP contribution >= 0.6 is 11.5 Å². The summed E-state index contributed by atoms with van der Waals surface area (Å²) in [4.78, 5) is 16.3. The van der Waals surface area contributed by atoms with Crippen molar-refractivity contribution < 1.29 is 18.8 Å². The summed E-state index contributed by atoms with van der Waals surface area (Å²) in [6.07, 6.45) is 0. The summed E-state index contributed by atoms with van der Waals surface area (Å²) in [5.41, 5.74) is 7.20. The van der Waals surface area contributed by atoms with Gasteiger partial charge in [-0.25, -0.2) is 4.79 Å². The molecule has 0 radical (unpaired) electrons. The maximum Gasteiger partial charge on any atom is 0.343 e. The Morgan fingerprint density at radius 1 is 1.38 bits per heavy atom. The molecular weight excluding hydrogens is 332 g/mol. The SMILES string of the molecule is COc1ccccc1-c1noc(COC(=O)c2c(C)nsc2N)n1. The van der Waals surface area contributed by atoms with Gasteiger partial charge < -0.3 is 19.7 Å². The van der Waals surface area contributed by atoms with E-state index in [1.54, 1.807) is 26.2 Å². The molecule has 124 valence electrons. The molecule has 1 aromatic carbocycles. The number of hydrogen-bond donors (Lipinski definition) is 1. The van der Waals surface area contributed by atoms with Gasteiger partial charge in [-0.1, -0.05) is 17.3 Å². The summed E-state index contributed by atoms with van der Waals surface area (Å²) in [7, 11) is 1.56. The Labute approximate surface area is 141 Å². The van der Waals surface area contributed by atoms with Crippen molar-refractivity contribution in [2.24, 2.45) is 0 Å². The van der Waals surface area contributed by atoms with Gasteiger partial charge in [-0.05, 0) is 30.6 Å². The molecule has 0 aliphatic heterocycles. The average molecular weight is 346 g/mol. The van der Waals surface area contributed by atoms with E-state index in [0.29, 0.717) is 27.8 Å². The lowest BCUT2D eigenvalue weighted by Gasteiger charge is -2.03. The fraction of sp³-hybridized carbons (Fsp3) is 0.200. The molecule has 3 aromatic rings. The monoisotopic (exact) mass is 346 g/mol. The number of hydrogen-bond acceptors (Lipinski definition) is 9. The Morgan fingerprint density at radius 3 is 2.88 bits per heavy atom. The minimum atomic E-state index is -0.573. The molecule has 2 aromatic heterocycles. The Balaban J connectivity index is 1.72. The highest BCUT2D eigenvalue weighted by Crippen LogP contribution is 2.27. The van der Waals surface area contributed by atoms with Crippen LogP contribution in [0.15, 0.2) is 28.8 Å². The third-order valence-corrected chi connectivity index (χ3v) is 4.00. The van der Waals surface area contributed by atoms with Crippen LogP contribution in [0.25, 0.3) is 11.4 Å². The van der Waals surface area contributed by atoms with Crippen LogP contribution in [0, 0.1) is 6.92 Å². The molecule has 24 heavy (non-hydrogen) atoms. The lowest BCUT2D eigenvalue weighted by Crippen LogP contribution is -2.08. The van der Waals surface area contributed by atoms with Crippen LogP contribution in [-0.4, -0.2) is 27.6 Å². The zero-order valence-electron chi connectivity index (χ0n) is 13.0. The van der Waals surface area contributed by atoms with Crippen molar-refractivity contribution in [2.75, 3.05) is 12.8 Å². The summed E-state index contributed by atoms with van der Waals surface area (Å²) in [5, 5.41) is 4.20. The molecule has 0 aliphatic rings. The van der Waals surface area contributed by atoms with Crippen molar-refractivity contribution in [2.45, 2.75) is 13.5 Å². The molecule has 0 amide bonds. The number of nitrogen functional groups attached to an aromatic ring is 1. The normalized spacial score (nSPS) is 10.6. The lowest BCUT2D eigenvalue weighted by atomic mass is 10.2. The minimum Gasteiger partial charge on any atom is -0.496 e. The molecule has 0 fully saturated rings. The van der Waals surface area contributed by atoms with E-state index in [-0.39, 0.29) is 18.1 Å². The molecule has 9 heteroatoms. The van der Waals surface area contributed by atoms with Crippen LogP contribution in [-0.2, 0) is 11.3 Å². The highest BCUT2D eigenvalue weighted by atomic mass is 32.1. The van der Waals surface area contributed by atoms with Crippen molar-refractivity contribution in [1.82, 2.24) is 14.5 Å². The second-order valence-corrected chi connectivity index (χ2v) is 5.60. The van der Waals surface area contributed by atoms with Gasteiger partial charge in [0.05, 0.1) is 18.4 Å². The molecule has 0 aliphatic carbocycles. The first-order chi connectivity index (χ1) is 11.6. The molecule has 0 saturated heterocycles. The molecular formula is C15H14N4O4S. The maximum atomic E-state index is 12.1. The number of rotatable bonds is 5. The fourth-order valence-corrected chi connectivity index (χ4v) is 2.74. The van der Waals surface area contributed by atoms with Crippen molar-refractivity contribution in [3.8, 4) is 17.1 Å². The Morgan fingerprint density at radius 2 is 2.17 bits per heavy atom. The summed E-state index contributed by atoms with van der Waals surface area (Å²) in [6.45, 7) is 1.53. The number of aryl methyl sites for hydroxylation is 1. The molecule has 0 spiro atoms. The Kier molecular flexibility index (Phi) is 4.43. The molecule has 3 rings (SSSR count). The number of methoxy groups -OCH3 is 1. The first kappa shape index (κ1) is 15.9. The standard InChI is InChI=1S/C15H14N4O4S/c1-8-12(13(16)24-19-8)15(20)22-7-11-17-14(18-23-11)9-5-3-4-6-10(9)21-2/h3-6H,7,16H2,1-2H3. The summed E-state index contributed by atoms with van der Waals surface area (Å²) in [6, 6.07) is 7.27. The largest absolute Gasteiger partial charge is 0.496 e. The molecule has 2 heterocycles. The molecule has 8 nitrogen and oxygen atoms in total. The predicted molar refractivity (Wildman–Crippen MR) is 86.7 cm³/mol. The van der Waals surface area contributed by atoms with Crippen molar-refractivity contribution in [3.63, 3.8) is 0 Å². The number of benzene rings is 1. The van der Waals surface area contributed by atoms with Crippen LogP contribution in [0.1, 0.15) is 21.9 Å². The van der Waals surface area contributed by atoms with Crippen molar-refractivity contribution in [1.29, 1.82) is 0 Å². The summed E-state index contributed by atoms with van der Waals surface area (Å²) >= 11 is 1.05. The number of para-hydroxylation sites is 1. The van der Waals surface area contributed by atoms with E-state index >= 15 is 0 Å². The van der Waals surface area contributed by atoms with Crippen LogP contribution < -0.4 is 10.5 Å². The number of carbonyl (C=O) groups excluding carboxylic acids is 1. The van der Waals surface area contributed by atoms with E-state index < -0.39 is 5.97 Å². The van der Waals surface area contributed by atoms with E-state index in [4.69, 9.17) is 19.7 Å². The van der Waals surface area contributed by atoms with Gasteiger partial charge in [0.1, 0.15) is 16.3 Å². The highest BCUT2D eigenvalue weighted by molar-refractivity contribution is 7.10. The molecule has 0 saturated carbocycles. The van der Waals surface area contributed by atoms with E-state index in [1.165, 1.54) is 0 Å². The van der Waals surface area contributed by atoms with Crippen LogP contribution in [0.5, 0.6) is 5.75 Å². The number of carbonyl (C=O) groups is 1. The Hall–Kier alpha value is -2.94. The van der Waals surface area contributed by atoms with Crippen molar-refractivity contribution in [3.05, 3.63) is 41.4 Å². The quantitative estimate of drug-likeness (QED) is 0.701. The van der Waals surface area contributed by atoms with Crippen LogP contribution in [0.4, 0.5) is 5.00 Å². The number of nitrogens with two attached hydrogens (primary N) is 1. The van der Waals surface area contributed by atoms with Crippen LogP contribution in [0.3, 0.4) is 0 Å². The number of ether oxygens (including phenoxy) is 2. The highest BCUT2D eigenvalue weighted by Gasteiger charge is 2.19. The zero-order valence-corrected chi connectivity index (χ0v) is 13.8. The van der Waals surface area contributed by atoms with Gasteiger partial charge in [0.15, 0.2) is 6.61 Å². The summed E-state index contributed by atoms with van der Waals surface area (Å²) < 4.78 is 19.5. The van der Waals surface area contributed by atoms with Gasteiger partial charge in [0.25, 0.3) is 5.89 Å². The topological polar surface area (TPSA) is 113 Å². The second kappa shape index (κ2) is 6.67. The molecule has 2 N–H and O–H groups in total. The Bertz CT molecular complexity index is 854. The molecule has 0 unspecified atom stereocenters. The van der Waals surface area contributed by atoms with Gasteiger partial charge in [-0.2, -0.15) is 9.36 Å². The maximum absolute atomic E-state index is 12.1. The molecule has 0 bridgehead atoms. The number of nitrogens with zero attached hydrogens (tertiary/aromatic N) is 3. The first-order valence-electron chi connectivity index (χ1n) is 6.95. The third-order valence-electron chi connectivity index (χ3n) is 3.24. The molecule has 0 atom stereocenters. The number of anilines is 1. The van der Waals surface area contributed by atoms with Gasteiger partial charge in [0.2, 0.25) is 5.82 Å². The van der Waals surface area contributed by atoms with Crippen LogP contribution in [0.2, 0.25) is 0 Å². The number of aromatic nitrogens is 3. The third kappa shape index (κ3) is 3.06. The predicted octanol–water partition coefficient (Wildman–Crippen LogP) is 2.45. The van der Waals surface area contributed by atoms with Crippen molar-refractivity contribution >= 4 is 22.5 Å². The summed E-state index contributed by atoms with van der Waals surface area (Å²) in [5.74, 6) is 0.570. The van der Waals surface area contributed by atoms with Gasteiger partial charge >= 0.3 is 5.97 Å². The minimum absolute atomic E-state index is 0.157. The smallest absolute Gasteiger partial charge is 0.343 e. The van der Waals surface area contributed by atoms with Gasteiger partial charge in [-0.3, -0.25) is 0 Å². The van der Waals surface area contributed by atoms with E-state index in [1.807, 2.05) is 12.1 Å². The first-order valence-corrected chi connectivity index (χ1v) is 7.72. The van der Waals surface area contributed by atoms with E-state index in [9.17, 15) is 4.79 Å². The average Bonchev–Trinajstić information content (AvgIpc) is 3.19. The second-order valence-electron chi connectivity index (χ2n) is 4.80.